The van der Waals surface area contributed by atoms with Crippen molar-refractivity contribution < 1.29 is 19.4 Å². The number of carboxylic acid groups (broad SMARTS) is 1. The van der Waals surface area contributed by atoms with Gasteiger partial charge in [-0.1, -0.05) is 20.8 Å². The molecule has 0 heterocycles. The first kappa shape index (κ1) is 17.7. The molecule has 0 aromatic heterocycles. The van der Waals surface area contributed by atoms with Crippen LogP contribution in [0.15, 0.2) is 0 Å². The third-order valence-electron chi connectivity index (χ3n) is 2.70. The van der Waals surface area contributed by atoms with Gasteiger partial charge < -0.3 is 20.5 Å². The summed E-state index contributed by atoms with van der Waals surface area (Å²) in [6.45, 7) is 6.58. The van der Waals surface area contributed by atoms with E-state index in [-0.39, 0.29) is 0 Å². The largest absolute Gasteiger partial charge is 0.480 e. The summed E-state index contributed by atoms with van der Waals surface area (Å²) in [5, 5.41) is 14.2. The van der Waals surface area contributed by atoms with Crippen LogP contribution in [0.3, 0.4) is 0 Å². The molecule has 19 heavy (non-hydrogen) atoms. The van der Waals surface area contributed by atoms with Gasteiger partial charge in [-0.2, -0.15) is 0 Å². The summed E-state index contributed by atoms with van der Waals surface area (Å²) in [6.07, 6.45) is 2.78. The van der Waals surface area contributed by atoms with Crippen molar-refractivity contribution in [3.8, 4) is 0 Å². The molecule has 1 atom stereocenters. The van der Waals surface area contributed by atoms with Gasteiger partial charge in [0.05, 0.1) is 0 Å². The van der Waals surface area contributed by atoms with Crippen molar-refractivity contribution in [3.63, 3.8) is 0 Å². The number of carbonyl (C=O) groups is 2. The Kier molecular flexibility index (Phi) is 8.14. The molecule has 0 bridgehead atoms. The van der Waals surface area contributed by atoms with Gasteiger partial charge in [0.2, 0.25) is 0 Å². The Bertz CT molecular complexity index is 287. The molecular weight excluding hydrogens is 248 g/mol. The summed E-state index contributed by atoms with van der Waals surface area (Å²) in [5.74, 6) is -1.03. The first-order chi connectivity index (χ1) is 8.79. The molecule has 0 aliphatic carbocycles. The van der Waals surface area contributed by atoms with Crippen LogP contribution in [0.5, 0.6) is 0 Å². The van der Waals surface area contributed by atoms with Crippen LogP contribution in [0.2, 0.25) is 0 Å². The molecule has 0 spiro atoms. The zero-order valence-electron chi connectivity index (χ0n) is 12.3. The van der Waals surface area contributed by atoms with Crippen molar-refractivity contribution in [2.24, 2.45) is 5.41 Å². The van der Waals surface area contributed by atoms with Gasteiger partial charge in [0, 0.05) is 20.3 Å². The van der Waals surface area contributed by atoms with Crippen LogP contribution in [0.1, 0.15) is 40.0 Å². The zero-order chi connectivity index (χ0) is 14.9. The van der Waals surface area contributed by atoms with E-state index in [1.165, 1.54) is 0 Å². The Morgan fingerprint density at radius 3 is 2.32 bits per heavy atom. The number of unbranched alkanes of at least 4 members (excludes halogenated alkanes) is 2. The number of hydrogen-bond donors (Lipinski definition) is 3. The maximum atomic E-state index is 11.6. The number of carbonyl (C=O) groups excluding carboxylic acids is 1. The molecule has 0 aromatic carbocycles. The number of hydrogen-bond acceptors (Lipinski definition) is 3. The first-order valence-electron chi connectivity index (χ1n) is 6.55. The van der Waals surface area contributed by atoms with Crippen molar-refractivity contribution in [1.82, 2.24) is 10.6 Å². The maximum absolute atomic E-state index is 11.6. The lowest BCUT2D eigenvalue weighted by molar-refractivity contribution is -0.141. The zero-order valence-corrected chi connectivity index (χ0v) is 12.3. The van der Waals surface area contributed by atoms with Gasteiger partial charge in [0.1, 0.15) is 6.04 Å². The third-order valence-corrected chi connectivity index (χ3v) is 2.70. The fourth-order valence-electron chi connectivity index (χ4n) is 1.58. The lowest BCUT2D eigenvalue weighted by Gasteiger charge is -2.27. The summed E-state index contributed by atoms with van der Waals surface area (Å²) >= 11 is 0. The second-order valence-corrected chi connectivity index (χ2v) is 5.59. The smallest absolute Gasteiger partial charge is 0.326 e. The molecule has 3 N–H and O–H groups in total. The van der Waals surface area contributed by atoms with Crippen LogP contribution >= 0.6 is 0 Å². The molecule has 2 amide bonds. The molecule has 0 unspecified atom stereocenters. The normalized spacial score (nSPS) is 12.8. The molecule has 0 aliphatic heterocycles. The summed E-state index contributed by atoms with van der Waals surface area (Å²) in [4.78, 5) is 22.7. The summed E-state index contributed by atoms with van der Waals surface area (Å²) in [6, 6.07) is -1.34. The van der Waals surface area contributed by atoms with Crippen LogP contribution in [0.4, 0.5) is 4.79 Å². The van der Waals surface area contributed by atoms with Gasteiger partial charge in [0.15, 0.2) is 0 Å². The van der Waals surface area contributed by atoms with Crippen LogP contribution < -0.4 is 10.6 Å². The average molecular weight is 274 g/mol. The molecule has 0 aliphatic rings. The number of carboxylic acids is 1. The molecule has 6 heteroatoms. The summed E-state index contributed by atoms with van der Waals surface area (Å²) in [7, 11) is 1.66. The number of rotatable bonds is 8. The van der Waals surface area contributed by atoms with Crippen molar-refractivity contribution in [2.75, 3.05) is 20.3 Å². The van der Waals surface area contributed by atoms with E-state index in [1.54, 1.807) is 27.9 Å². The minimum absolute atomic E-state index is 0.436. The highest BCUT2D eigenvalue weighted by molar-refractivity contribution is 5.83. The number of urea groups is 1. The maximum Gasteiger partial charge on any atom is 0.326 e. The van der Waals surface area contributed by atoms with Crippen molar-refractivity contribution in [1.29, 1.82) is 0 Å². The van der Waals surface area contributed by atoms with Gasteiger partial charge in [-0.3, -0.25) is 0 Å². The minimum Gasteiger partial charge on any atom is -0.480 e. The van der Waals surface area contributed by atoms with Crippen LogP contribution in [0, 0.1) is 5.41 Å². The van der Waals surface area contributed by atoms with E-state index in [9.17, 15) is 9.59 Å². The summed E-state index contributed by atoms with van der Waals surface area (Å²) in [5.41, 5.74) is -0.526. The average Bonchev–Trinajstić information content (AvgIpc) is 2.28. The van der Waals surface area contributed by atoms with E-state index in [4.69, 9.17) is 9.84 Å². The predicted molar refractivity (Wildman–Crippen MR) is 73.1 cm³/mol. The minimum atomic E-state index is -1.03. The fraction of sp³-hybridized carbons (Fsp3) is 0.846. The fourth-order valence-corrected chi connectivity index (χ4v) is 1.58. The topological polar surface area (TPSA) is 87.7 Å². The molecule has 0 aromatic rings. The molecule has 0 saturated heterocycles. The molecule has 112 valence electrons. The highest BCUT2D eigenvalue weighted by Gasteiger charge is 2.32. The van der Waals surface area contributed by atoms with Crippen LogP contribution in [0.25, 0.3) is 0 Å². The van der Waals surface area contributed by atoms with Gasteiger partial charge in [-0.15, -0.1) is 0 Å². The second-order valence-electron chi connectivity index (χ2n) is 5.59. The van der Waals surface area contributed by atoms with Gasteiger partial charge in [-0.05, 0) is 24.7 Å². The Morgan fingerprint density at radius 1 is 1.21 bits per heavy atom. The van der Waals surface area contributed by atoms with E-state index >= 15 is 0 Å². The Morgan fingerprint density at radius 2 is 1.84 bits per heavy atom. The lowest BCUT2D eigenvalue weighted by atomic mass is 9.87. The number of nitrogens with one attached hydrogen (secondary N) is 2. The summed E-state index contributed by atoms with van der Waals surface area (Å²) < 4.78 is 4.92. The predicted octanol–water partition coefficient (Wildman–Crippen LogP) is 1.60. The quantitative estimate of drug-likeness (QED) is 0.587. The van der Waals surface area contributed by atoms with Gasteiger partial charge >= 0.3 is 12.0 Å². The van der Waals surface area contributed by atoms with Crippen LogP contribution in [-0.2, 0) is 9.53 Å². The Hall–Kier alpha value is -1.30. The Balaban J connectivity index is 3.92. The van der Waals surface area contributed by atoms with Gasteiger partial charge in [-0.25, -0.2) is 9.59 Å². The second kappa shape index (κ2) is 8.74. The monoisotopic (exact) mass is 274 g/mol. The van der Waals surface area contributed by atoms with E-state index in [0.29, 0.717) is 6.54 Å². The van der Waals surface area contributed by atoms with E-state index in [0.717, 1.165) is 25.9 Å². The van der Waals surface area contributed by atoms with E-state index in [1.807, 2.05) is 0 Å². The molecular formula is C13H26N2O4. The Labute approximate surface area is 114 Å². The molecule has 0 fully saturated rings. The standard InChI is InChI=1S/C13H26N2O4/c1-13(2,3)10(11(16)17)15-12(18)14-8-6-5-7-9-19-4/h10H,5-9H2,1-4H3,(H,16,17)(H2,14,15,18)/t10-/m0/s1. The number of ether oxygens (including phenoxy) is 1. The van der Waals surface area contributed by atoms with Crippen molar-refractivity contribution in [2.45, 2.75) is 46.1 Å². The van der Waals surface area contributed by atoms with E-state index in [2.05, 4.69) is 10.6 Å². The first-order valence-corrected chi connectivity index (χ1v) is 6.55. The van der Waals surface area contributed by atoms with Crippen LogP contribution in [-0.4, -0.2) is 43.4 Å². The van der Waals surface area contributed by atoms with Gasteiger partial charge in [0.25, 0.3) is 0 Å². The van der Waals surface area contributed by atoms with Crippen molar-refractivity contribution >= 4 is 12.0 Å². The van der Waals surface area contributed by atoms with Crippen molar-refractivity contribution in [3.05, 3.63) is 0 Å². The molecule has 0 radical (unpaired) electrons. The molecule has 0 saturated carbocycles. The lowest BCUT2D eigenvalue weighted by Crippen LogP contribution is -2.52. The SMILES string of the molecule is COCCCCCNC(=O)N[C@@H](C(=O)O)C(C)(C)C. The number of aliphatic carboxylic acids is 1. The highest BCUT2D eigenvalue weighted by atomic mass is 16.5. The third kappa shape index (κ3) is 8.42. The van der Waals surface area contributed by atoms with E-state index < -0.39 is 23.5 Å². The number of methoxy groups -OCH3 is 1. The molecule has 0 rings (SSSR count). The highest BCUT2D eigenvalue weighted by Crippen LogP contribution is 2.19. The molecule has 6 nitrogen and oxygen atoms in total. The number of amides is 2.